The third kappa shape index (κ3) is 3.77. The van der Waals surface area contributed by atoms with E-state index < -0.39 is 22.7 Å². The molecule has 0 heterocycles. The number of nitrogens with zero attached hydrogens (tertiary/aromatic N) is 2. The molecule has 0 aromatic heterocycles. The molecule has 0 radical (unpaired) electrons. The predicted octanol–water partition coefficient (Wildman–Crippen LogP) is 1.15. The lowest BCUT2D eigenvalue weighted by Gasteiger charge is -2.38. The zero-order valence-electron chi connectivity index (χ0n) is 12.0. The van der Waals surface area contributed by atoms with Crippen LogP contribution in [0.2, 0.25) is 0 Å². The van der Waals surface area contributed by atoms with E-state index >= 15 is 0 Å². The number of hydrazine groups is 1. The number of hydrogen-bond acceptors (Lipinski definition) is 8. The van der Waals surface area contributed by atoms with Gasteiger partial charge in [-0.05, 0) is 24.3 Å². The van der Waals surface area contributed by atoms with Gasteiger partial charge in [0, 0.05) is 5.69 Å². The molecule has 10 heteroatoms. The molecular formula is C14H12N4O6-2. The topological polar surface area (TPSA) is 151 Å². The number of amides is 2. The van der Waals surface area contributed by atoms with Crippen LogP contribution in [0.15, 0.2) is 48.5 Å². The van der Waals surface area contributed by atoms with Crippen LogP contribution in [-0.2, 0) is 0 Å². The molecule has 2 amide bonds. The molecule has 0 atom stereocenters. The molecule has 10 nitrogen and oxygen atoms in total. The second-order valence-electron chi connectivity index (χ2n) is 4.49. The molecule has 2 aromatic rings. The zero-order chi connectivity index (χ0) is 17.7. The van der Waals surface area contributed by atoms with Crippen molar-refractivity contribution in [3.8, 4) is 0 Å². The quantitative estimate of drug-likeness (QED) is 0.608. The molecule has 4 N–H and O–H groups in total. The van der Waals surface area contributed by atoms with E-state index in [-0.39, 0.29) is 22.0 Å². The fourth-order valence-corrected chi connectivity index (χ4v) is 1.91. The number of hydrogen-bond donors (Lipinski definition) is 4. The molecule has 0 bridgehead atoms. The zero-order valence-corrected chi connectivity index (χ0v) is 12.0. The Bertz CT molecular complexity index is 686. The average molecular weight is 332 g/mol. The number of nitrogens with one attached hydrogen (secondary N) is 2. The van der Waals surface area contributed by atoms with Crippen LogP contribution in [0.1, 0.15) is 20.7 Å². The fraction of sp³-hybridized carbons (Fsp3) is 0. The highest BCUT2D eigenvalue weighted by molar-refractivity contribution is 6.04. The number of benzene rings is 2. The Morgan fingerprint density at radius 3 is 1.67 bits per heavy atom. The second-order valence-corrected chi connectivity index (χ2v) is 4.49. The van der Waals surface area contributed by atoms with Crippen LogP contribution in [0, 0.1) is 10.4 Å². The highest BCUT2D eigenvalue weighted by atomic mass is 16.8. The lowest BCUT2D eigenvalue weighted by atomic mass is 10.1. The summed E-state index contributed by atoms with van der Waals surface area (Å²) in [6.45, 7) is 0. The molecule has 2 rings (SSSR count). The predicted molar refractivity (Wildman–Crippen MR) is 83.1 cm³/mol. The molecule has 0 aliphatic carbocycles. The number of rotatable bonds is 4. The summed E-state index contributed by atoms with van der Waals surface area (Å²) in [5.41, 5.74) is 3.09. The van der Waals surface area contributed by atoms with Gasteiger partial charge in [-0.25, -0.2) is 0 Å². The van der Waals surface area contributed by atoms with Gasteiger partial charge in [0.1, 0.15) is 5.69 Å². The Kier molecular flexibility index (Phi) is 5.29. The average Bonchev–Trinajstić information content (AvgIpc) is 2.59. The third-order valence-corrected chi connectivity index (χ3v) is 3.00. The van der Waals surface area contributed by atoms with Gasteiger partial charge >= 0.3 is 0 Å². The van der Waals surface area contributed by atoms with Crippen molar-refractivity contribution in [2.75, 3.05) is 10.5 Å². The smallest absolute Gasteiger partial charge is 0.271 e. The maximum Gasteiger partial charge on any atom is 0.271 e. The van der Waals surface area contributed by atoms with Crippen molar-refractivity contribution in [2.45, 2.75) is 0 Å². The molecule has 2 aromatic carbocycles. The molecule has 0 aliphatic rings. The highest BCUT2D eigenvalue weighted by Crippen LogP contribution is 2.19. The van der Waals surface area contributed by atoms with Gasteiger partial charge < -0.3 is 15.6 Å². The van der Waals surface area contributed by atoms with Crippen LogP contribution >= 0.6 is 0 Å². The first kappa shape index (κ1) is 17.2. The monoisotopic (exact) mass is 332 g/mol. The van der Waals surface area contributed by atoms with Gasteiger partial charge in [-0.15, -0.1) is 5.23 Å². The molecule has 126 valence electrons. The second kappa shape index (κ2) is 7.39. The van der Waals surface area contributed by atoms with E-state index in [9.17, 15) is 20.0 Å². The van der Waals surface area contributed by atoms with E-state index in [0.717, 1.165) is 6.07 Å². The van der Waals surface area contributed by atoms with Gasteiger partial charge in [0.05, 0.1) is 11.1 Å². The van der Waals surface area contributed by atoms with Gasteiger partial charge in [0.25, 0.3) is 11.8 Å². The van der Waals surface area contributed by atoms with Crippen LogP contribution in [0.4, 0.5) is 11.4 Å². The van der Waals surface area contributed by atoms with Crippen molar-refractivity contribution in [1.82, 2.24) is 10.9 Å². The van der Waals surface area contributed by atoms with E-state index in [2.05, 4.69) is 0 Å². The Labute approximate surface area is 135 Å². The van der Waals surface area contributed by atoms with Crippen molar-refractivity contribution in [1.29, 1.82) is 0 Å². The summed E-state index contributed by atoms with van der Waals surface area (Å²) < 4.78 is 0. The van der Waals surface area contributed by atoms with E-state index in [1.807, 2.05) is 10.9 Å². The van der Waals surface area contributed by atoms with Crippen molar-refractivity contribution in [3.05, 3.63) is 70.1 Å². The first-order chi connectivity index (χ1) is 11.4. The summed E-state index contributed by atoms with van der Waals surface area (Å²) in [6.07, 6.45) is 0. The Morgan fingerprint density at radius 2 is 1.21 bits per heavy atom. The summed E-state index contributed by atoms with van der Waals surface area (Å²) in [5.74, 6) is -1.73. The van der Waals surface area contributed by atoms with Crippen LogP contribution in [-0.4, -0.2) is 22.2 Å². The number of para-hydroxylation sites is 2. The minimum Gasteiger partial charge on any atom is -0.769 e. The largest absolute Gasteiger partial charge is 0.769 e. The van der Waals surface area contributed by atoms with Gasteiger partial charge in [-0.3, -0.25) is 30.9 Å². The number of anilines is 2. The van der Waals surface area contributed by atoms with E-state index in [1.165, 1.54) is 42.5 Å². The molecule has 0 aliphatic heterocycles. The van der Waals surface area contributed by atoms with Crippen LogP contribution in [0.3, 0.4) is 0 Å². The standard InChI is InChI=1S/C14H12N4O6/c19-13(9-5-1-3-7-11(9)17(21)22)15-16-14(20)10-6-2-4-8-12(10)18(23)24/h1-8,21-22H,(H,15,19)(H,16,20)/q-2. The van der Waals surface area contributed by atoms with Gasteiger partial charge in [-0.1, -0.05) is 24.3 Å². The molecular weight excluding hydrogens is 320 g/mol. The maximum atomic E-state index is 12.0. The Hall–Kier alpha value is -3.18. The first-order valence-corrected chi connectivity index (χ1v) is 6.53. The van der Waals surface area contributed by atoms with Crippen molar-refractivity contribution in [2.24, 2.45) is 0 Å². The summed E-state index contributed by atoms with van der Waals surface area (Å²) >= 11 is 0. The minimum atomic E-state index is -0.891. The van der Waals surface area contributed by atoms with Gasteiger partial charge in [0.15, 0.2) is 0 Å². The highest BCUT2D eigenvalue weighted by Gasteiger charge is 2.16. The summed E-state index contributed by atoms with van der Waals surface area (Å²) in [5, 5.41) is 38.9. The molecule has 0 fully saturated rings. The molecule has 24 heavy (non-hydrogen) atoms. The first-order valence-electron chi connectivity index (χ1n) is 6.53. The van der Waals surface area contributed by atoms with Gasteiger partial charge in [-0.2, -0.15) is 0 Å². The van der Waals surface area contributed by atoms with Crippen molar-refractivity contribution >= 4 is 23.2 Å². The third-order valence-electron chi connectivity index (χ3n) is 3.00. The summed E-state index contributed by atoms with van der Waals surface area (Å²) in [7, 11) is 0. The molecule has 0 saturated heterocycles. The Balaban J connectivity index is 2.12. The molecule has 0 unspecified atom stereocenters. The normalized spacial score (nSPS) is 10.0. The lowest BCUT2D eigenvalue weighted by molar-refractivity contribution is 0.0284. The van der Waals surface area contributed by atoms with E-state index in [4.69, 9.17) is 10.4 Å². The fourth-order valence-electron chi connectivity index (χ4n) is 1.91. The SMILES string of the molecule is O=C(NNC(=O)c1ccccc1N(O)O)c1ccccc1N([O-])[O-]. The molecule has 0 spiro atoms. The van der Waals surface area contributed by atoms with Crippen molar-refractivity contribution < 1.29 is 20.0 Å². The summed E-state index contributed by atoms with van der Waals surface area (Å²) in [6, 6.07) is 10.7. The molecule has 0 saturated carbocycles. The maximum absolute atomic E-state index is 12.0. The summed E-state index contributed by atoms with van der Waals surface area (Å²) in [4.78, 5) is 24.0. The minimum absolute atomic E-state index is 0.134. The number of carbonyl (C=O) groups excluding carboxylic acids is 2. The Morgan fingerprint density at radius 1 is 0.792 bits per heavy atom. The van der Waals surface area contributed by atoms with E-state index in [0.29, 0.717) is 0 Å². The lowest BCUT2D eigenvalue weighted by Crippen LogP contribution is -2.42. The van der Waals surface area contributed by atoms with Crippen molar-refractivity contribution in [3.63, 3.8) is 0 Å². The van der Waals surface area contributed by atoms with Crippen LogP contribution in [0.5, 0.6) is 0 Å². The van der Waals surface area contributed by atoms with Gasteiger partial charge in [0.2, 0.25) is 0 Å². The van der Waals surface area contributed by atoms with Crippen LogP contribution < -0.4 is 21.3 Å². The number of carbonyl (C=O) groups is 2. The van der Waals surface area contributed by atoms with E-state index in [1.54, 1.807) is 0 Å². The van der Waals surface area contributed by atoms with Crippen LogP contribution in [0.25, 0.3) is 0 Å².